The minimum atomic E-state index is -0.853. The first kappa shape index (κ1) is 15.5. The maximum absolute atomic E-state index is 11.0. The number of rotatable bonds is 8. The van der Waals surface area contributed by atoms with E-state index in [2.05, 4.69) is 0 Å². The Labute approximate surface area is 113 Å². The first-order valence-electron chi connectivity index (χ1n) is 6.32. The third-order valence-corrected chi connectivity index (χ3v) is 3.03. The molecule has 0 aliphatic carbocycles. The van der Waals surface area contributed by atoms with Crippen LogP contribution in [0.15, 0.2) is 24.3 Å². The summed E-state index contributed by atoms with van der Waals surface area (Å²) >= 11 is 0. The summed E-state index contributed by atoms with van der Waals surface area (Å²) in [5, 5.41) is 18.3. The summed E-state index contributed by atoms with van der Waals surface area (Å²) < 4.78 is 5.03. The van der Waals surface area contributed by atoms with Gasteiger partial charge in [0.15, 0.2) is 0 Å². The minimum absolute atomic E-state index is 0.00634. The lowest BCUT2D eigenvalue weighted by Crippen LogP contribution is -2.36. The van der Waals surface area contributed by atoms with Gasteiger partial charge < -0.3 is 14.9 Å². The Kier molecular flexibility index (Phi) is 6.32. The number of carboxylic acid groups (broad SMARTS) is 1. The van der Waals surface area contributed by atoms with E-state index < -0.39 is 5.97 Å². The number of carboxylic acids is 1. The quantitative estimate of drug-likeness (QED) is 0.752. The van der Waals surface area contributed by atoms with E-state index in [9.17, 15) is 9.90 Å². The number of phenolic OH excluding ortho intramolecular Hbond substituents is 1. The van der Waals surface area contributed by atoms with Crippen molar-refractivity contribution in [3.05, 3.63) is 29.8 Å². The van der Waals surface area contributed by atoms with Crippen molar-refractivity contribution in [2.75, 3.05) is 26.8 Å². The Bertz CT molecular complexity index is 391. The second-order valence-corrected chi connectivity index (χ2v) is 4.37. The maximum atomic E-state index is 11.0. The lowest BCUT2D eigenvalue weighted by Gasteiger charge is -2.29. The zero-order valence-electron chi connectivity index (χ0n) is 11.4. The van der Waals surface area contributed by atoms with Crippen LogP contribution in [0.4, 0.5) is 0 Å². The topological polar surface area (TPSA) is 70.0 Å². The first-order chi connectivity index (χ1) is 9.08. The van der Waals surface area contributed by atoms with Crippen molar-refractivity contribution in [2.24, 2.45) is 0 Å². The highest BCUT2D eigenvalue weighted by molar-refractivity contribution is 5.69. The number of aromatic hydroxyl groups is 1. The summed E-state index contributed by atoms with van der Waals surface area (Å²) in [6.07, 6.45) is 0.793. The van der Waals surface area contributed by atoms with E-state index in [0.29, 0.717) is 13.2 Å². The van der Waals surface area contributed by atoms with Crippen molar-refractivity contribution in [2.45, 2.75) is 19.4 Å². The van der Waals surface area contributed by atoms with Gasteiger partial charge in [0.25, 0.3) is 0 Å². The smallest absolute Gasteiger partial charge is 0.317 e. The van der Waals surface area contributed by atoms with Crippen molar-refractivity contribution in [3.8, 4) is 5.75 Å². The van der Waals surface area contributed by atoms with Gasteiger partial charge in [-0.3, -0.25) is 9.69 Å². The molecular formula is C14H21NO4. The van der Waals surface area contributed by atoms with Crippen LogP contribution in [0.25, 0.3) is 0 Å². The number of nitrogens with zero attached hydrogens (tertiary/aromatic N) is 1. The van der Waals surface area contributed by atoms with E-state index >= 15 is 0 Å². The van der Waals surface area contributed by atoms with Gasteiger partial charge in [0.05, 0.1) is 13.2 Å². The second-order valence-electron chi connectivity index (χ2n) is 4.37. The van der Waals surface area contributed by atoms with Crippen LogP contribution in [-0.2, 0) is 9.53 Å². The molecule has 1 aromatic carbocycles. The Morgan fingerprint density at radius 2 is 2.00 bits per heavy atom. The van der Waals surface area contributed by atoms with Crippen LogP contribution in [0.5, 0.6) is 5.75 Å². The SMILES string of the molecule is CCC(c1ccc(O)cc1)N(CCOC)CC(=O)O. The number of benzene rings is 1. The van der Waals surface area contributed by atoms with E-state index in [0.717, 1.165) is 12.0 Å². The lowest BCUT2D eigenvalue weighted by molar-refractivity contribution is -0.139. The number of methoxy groups -OCH3 is 1. The molecule has 2 N–H and O–H groups in total. The Hall–Kier alpha value is -1.59. The van der Waals surface area contributed by atoms with Gasteiger partial charge in [-0.2, -0.15) is 0 Å². The van der Waals surface area contributed by atoms with E-state index in [1.165, 1.54) is 0 Å². The van der Waals surface area contributed by atoms with E-state index in [1.54, 1.807) is 19.2 Å². The minimum Gasteiger partial charge on any atom is -0.508 e. The summed E-state index contributed by atoms with van der Waals surface area (Å²) in [5.74, 6) is -0.645. The Balaban J connectivity index is 2.87. The highest BCUT2D eigenvalue weighted by atomic mass is 16.5. The Morgan fingerprint density at radius 3 is 2.47 bits per heavy atom. The predicted octanol–water partition coefficient (Wildman–Crippen LogP) is 1.88. The van der Waals surface area contributed by atoms with Crippen molar-refractivity contribution in [3.63, 3.8) is 0 Å². The molecule has 5 nitrogen and oxygen atoms in total. The lowest BCUT2D eigenvalue weighted by atomic mass is 10.0. The van der Waals surface area contributed by atoms with E-state index in [-0.39, 0.29) is 18.3 Å². The maximum Gasteiger partial charge on any atom is 0.317 e. The van der Waals surface area contributed by atoms with Crippen LogP contribution in [0, 0.1) is 0 Å². The molecular weight excluding hydrogens is 246 g/mol. The second kappa shape index (κ2) is 7.76. The van der Waals surface area contributed by atoms with Crippen LogP contribution < -0.4 is 0 Å². The molecule has 0 aromatic heterocycles. The van der Waals surface area contributed by atoms with Gasteiger partial charge >= 0.3 is 5.97 Å². The molecule has 0 amide bonds. The summed E-state index contributed by atoms with van der Waals surface area (Å²) in [7, 11) is 1.60. The molecule has 1 rings (SSSR count). The number of hydrogen-bond acceptors (Lipinski definition) is 4. The molecule has 1 unspecified atom stereocenters. The fraction of sp³-hybridized carbons (Fsp3) is 0.500. The highest BCUT2D eigenvalue weighted by Crippen LogP contribution is 2.25. The molecule has 1 aromatic rings. The third-order valence-electron chi connectivity index (χ3n) is 3.03. The molecule has 0 aliphatic heterocycles. The fourth-order valence-electron chi connectivity index (χ4n) is 2.13. The molecule has 19 heavy (non-hydrogen) atoms. The largest absolute Gasteiger partial charge is 0.508 e. The van der Waals surface area contributed by atoms with E-state index in [4.69, 9.17) is 9.84 Å². The molecule has 0 saturated heterocycles. The summed E-state index contributed by atoms with van der Waals surface area (Å²) in [4.78, 5) is 12.8. The molecule has 0 bridgehead atoms. The number of carbonyl (C=O) groups is 1. The van der Waals surface area contributed by atoms with Gasteiger partial charge in [-0.05, 0) is 24.1 Å². The molecule has 5 heteroatoms. The normalized spacial score (nSPS) is 12.6. The van der Waals surface area contributed by atoms with Crippen LogP contribution in [-0.4, -0.2) is 47.9 Å². The molecule has 0 saturated carbocycles. The van der Waals surface area contributed by atoms with Gasteiger partial charge in [-0.1, -0.05) is 19.1 Å². The summed E-state index contributed by atoms with van der Waals surface area (Å²) in [6.45, 7) is 3.03. The Morgan fingerprint density at radius 1 is 1.37 bits per heavy atom. The number of ether oxygens (including phenoxy) is 1. The van der Waals surface area contributed by atoms with Crippen LogP contribution in [0.2, 0.25) is 0 Å². The number of phenols is 1. The van der Waals surface area contributed by atoms with Crippen LogP contribution >= 0.6 is 0 Å². The van der Waals surface area contributed by atoms with Crippen molar-refractivity contribution < 1.29 is 19.7 Å². The van der Waals surface area contributed by atoms with Gasteiger partial charge in [0.1, 0.15) is 5.75 Å². The first-order valence-corrected chi connectivity index (χ1v) is 6.32. The molecule has 0 heterocycles. The fourth-order valence-corrected chi connectivity index (χ4v) is 2.13. The van der Waals surface area contributed by atoms with Gasteiger partial charge in [-0.25, -0.2) is 0 Å². The predicted molar refractivity (Wildman–Crippen MR) is 72.2 cm³/mol. The molecule has 1 atom stereocenters. The molecule has 106 valence electrons. The average Bonchev–Trinajstić information content (AvgIpc) is 2.38. The third kappa shape index (κ3) is 4.89. The monoisotopic (exact) mass is 267 g/mol. The van der Waals surface area contributed by atoms with Gasteiger partial charge in [0, 0.05) is 19.7 Å². The van der Waals surface area contributed by atoms with Crippen molar-refractivity contribution >= 4 is 5.97 Å². The zero-order chi connectivity index (χ0) is 14.3. The summed E-state index contributed by atoms with van der Waals surface area (Å²) in [5.41, 5.74) is 0.998. The summed E-state index contributed by atoms with van der Waals surface area (Å²) in [6, 6.07) is 6.89. The highest BCUT2D eigenvalue weighted by Gasteiger charge is 2.20. The van der Waals surface area contributed by atoms with Gasteiger partial charge in [-0.15, -0.1) is 0 Å². The van der Waals surface area contributed by atoms with Crippen molar-refractivity contribution in [1.29, 1.82) is 0 Å². The van der Waals surface area contributed by atoms with Crippen LogP contribution in [0.1, 0.15) is 24.9 Å². The van der Waals surface area contributed by atoms with Gasteiger partial charge in [0.2, 0.25) is 0 Å². The molecule has 0 radical (unpaired) electrons. The molecule has 0 aliphatic rings. The van der Waals surface area contributed by atoms with Crippen molar-refractivity contribution in [1.82, 2.24) is 4.90 Å². The standard InChI is InChI=1S/C14H21NO4/c1-3-13(11-4-6-12(16)7-5-11)15(8-9-19-2)10-14(17)18/h4-7,13,16H,3,8-10H2,1-2H3,(H,17,18). The molecule has 0 spiro atoms. The average molecular weight is 267 g/mol. The molecule has 0 fully saturated rings. The number of aliphatic carboxylic acids is 1. The zero-order valence-corrected chi connectivity index (χ0v) is 11.4. The van der Waals surface area contributed by atoms with E-state index in [1.807, 2.05) is 24.0 Å². The number of hydrogen-bond donors (Lipinski definition) is 2. The van der Waals surface area contributed by atoms with Crippen LogP contribution in [0.3, 0.4) is 0 Å².